The minimum Gasteiger partial charge on any atom is -0.469 e. The fraction of sp³-hybridized carbons (Fsp3) is 0.417. The van der Waals surface area contributed by atoms with E-state index in [-0.39, 0.29) is 12.4 Å². The zero-order valence-electron chi connectivity index (χ0n) is 9.63. The van der Waals surface area contributed by atoms with E-state index in [0.29, 0.717) is 25.1 Å². The van der Waals surface area contributed by atoms with Crippen LogP contribution in [0.1, 0.15) is 12.0 Å². The molecule has 0 amide bonds. The molecule has 0 radical (unpaired) electrons. The minimum atomic E-state index is -0.579. The van der Waals surface area contributed by atoms with Gasteiger partial charge in [-0.25, -0.2) is 8.78 Å². The third-order valence-corrected chi connectivity index (χ3v) is 2.32. The van der Waals surface area contributed by atoms with Crippen molar-refractivity contribution in [1.29, 1.82) is 0 Å². The fourth-order valence-electron chi connectivity index (χ4n) is 1.36. The lowest BCUT2D eigenvalue weighted by Crippen LogP contribution is -2.21. The maximum atomic E-state index is 13.2. The van der Waals surface area contributed by atoms with Crippen molar-refractivity contribution in [2.75, 3.05) is 20.2 Å². The number of carbonyl (C=O) groups is 1. The molecule has 0 bridgehead atoms. The van der Waals surface area contributed by atoms with Gasteiger partial charge in [0.15, 0.2) is 0 Å². The van der Waals surface area contributed by atoms with E-state index in [4.69, 9.17) is 0 Å². The molecule has 17 heavy (non-hydrogen) atoms. The maximum Gasteiger partial charge on any atom is 0.306 e. The Morgan fingerprint density at radius 1 is 1.35 bits per heavy atom. The molecule has 3 nitrogen and oxygen atoms in total. The highest BCUT2D eigenvalue weighted by atomic mass is 19.1. The molecule has 0 unspecified atom stereocenters. The van der Waals surface area contributed by atoms with Crippen LogP contribution in [0.2, 0.25) is 0 Å². The van der Waals surface area contributed by atoms with Crippen LogP contribution in [-0.4, -0.2) is 26.2 Å². The SMILES string of the molecule is COC(=O)CCNCCc1ccc(F)cc1F. The van der Waals surface area contributed by atoms with Gasteiger partial charge in [-0.1, -0.05) is 6.07 Å². The molecule has 0 aliphatic carbocycles. The van der Waals surface area contributed by atoms with Gasteiger partial charge < -0.3 is 10.1 Å². The second kappa shape index (κ2) is 6.96. The smallest absolute Gasteiger partial charge is 0.306 e. The third-order valence-electron chi connectivity index (χ3n) is 2.32. The largest absolute Gasteiger partial charge is 0.469 e. The lowest BCUT2D eigenvalue weighted by atomic mass is 10.1. The Labute approximate surface area is 98.8 Å². The summed E-state index contributed by atoms with van der Waals surface area (Å²) in [5.74, 6) is -1.41. The summed E-state index contributed by atoms with van der Waals surface area (Å²) in [6.45, 7) is 1.01. The van der Waals surface area contributed by atoms with Crippen LogP contribution in [0.5, 0.6) is 0 Å². The molecule has 0 spiro atoms. The standard InChI is InChI=1S/C12H15F2NO2/c1-17-12(16)5-7-15-6-4-9-2-3-10(13)8-11(9)14/h2-3,8,15H,4-7H2,1H3. The summed E-state index contributed by atoms with van der Waals surface area (Å²) in [6, 6.07) is 3.52. The van der Waals surface area contributed by atoms with Gasteiger partial charge in [0, 0.05) is 12.6 Å². The summed E-state index contributed by atoms with van der Waals surface area (Å²) in [6.07, 6.45) is 0.732. The zero-order valence-corrected chi connectivity index (χ0v) is 9.63. The van der Waals surface area contributed by atoms with E-state index in [2.05, 4.69) is 10.1 Å². The molecule has 94 valence electrons. The normalized spacial score (nSPS) is 10.3. The van der Waals surface area contributed by atoms with Gasteiger partial charge in [-0.15, -0.1) is 0 Å². The number of esters is 1. The van der Waals surface area contributed by atoms with Crippen molar-refractivity contribution in [1.82, 2.24) is 5.32 Å². The number of nitrogens with one attached hydrogen (secondary N) is 1. The van der Waals surface area contributed by atoms with Crippen molar-refractivity contribution < 1.29 is 18.3 Å². The van der Waals surface area contributed by atoms with E-state index in [0.717, 1.165) is 6.07 Å². The average molecular weight is 243 g/mol. The van der Waals surface area contributed by atoms with Crippen molar-refractivity contribution in [2.24, 2.45) is 0 Å². The monoisotopic (exact) mass is 243 g/mol. The van der Waals surface area contributed by atoms with Gasteiger partial charge in [0.2, 0.25) is 0 Å². The number of carbonyl (C=O) groups excluding carboxylic acids is 1. The van der Waals surface area contributed by atoms with E-state index in [1.165, 1.54) is 19.2 Å². The first-order valence-electron chi connectivity index (χ1n) is 5.35. The van der Waals surface area contributed by atoms with Gasteiger partial charge in [0.05, 0.1) is 13.5 Å². The summed E-state index contributed by atoms with van der Waals surface area (Å²) >= 11 is 0. The fourth-order valence-corrected chi connectivity index (χ4v) is 1.36. The van der Waals surface area contributed by atoms with Crippen LogP contribution in [-0.2, 0) is 16.0 Å². The summed E-state index contributed by atoms with van der Waals surface area (Å²) in [4.78, 5) is 10.8. The van der Waals surface area contributed by atoms with Gasteiger partial charge in [0.25, 0.3) is 0 Å². The minimum absolute atomic E-state index is 0.280. The molecule has 0 saturated carbocycles. The molecule has 0 atom stereocenters. The van der Waals surface area contributed by atoms with Crippen LogP contribution in [0.15, 0.2) is 18.2 Å². The zero-order chi connectivity index (χ0) is 12.7. The van der Waals surface area contributed by atoms with Crippen LogP contribution in [0.3, 0.4) is 0 Å². The first kappa shape index (κ1) is 13.6. The molecule has 0 aliphatic heterocycles. The van der Waals surface area contributed by atoms with Crippen molar-refractivity contribution in [3.05, 3.63) is 35.4 Å². The van der Waals surface area contributed by atoms with E-state index in [1.54, 1.807) is 0 Å². The van der Waals surface area contributed by atoms with Crippen LogP contribution in [0, 0.1) is 11.6 Å². The number of halogens is 2. The van der Waals surface area contributed by atoms with Crippen molar-refractivity contribution >= 4 is 5.97 Å². The van der Waals surface area contributed by atoms with Gasteiger partial charge in [-0.05, 0) is 24.6 Å². The van der Waals surface area contributed by atoms with Crippen molar-refractivity contribution in [2.45, 2.75) is 12.8 Å². The lowest BCUT2D eigenvalue weighted by molar-refractivity contribution is -0.140. The number of methoxy groups -OCH3 is 1. The molecular formula is C12H15F2NO2. The van der Waals surface area contributed by atoms with Crippen LogP contribution >= 0.6 is 0 Å². The molecule has 0 aliphatic rings. The van der Waals surface area contributed by atoms with Gasteiger partial charge in [0.1, 0.15) is 11.6 Å². The van der Waals surface area contributed by atoms with Gasteiger partial charge in [-0.2, -0.15) is 0 Å². The van der Waals surface area contributed by atoms with Crippen LogP contribution in [0.25, 0.3) is 0 Å². The molecule has 1 aromatic rings. The van der Waals surface area contributed by atoms with Crippen LogP contribution in [0.4, 0.5) is 8.78 Å². The van der Waals surface area contributed by atoms with E-state index in [1.807, 2.05) is 0 Å². The maximum absolute atomic E-state index is 13.2. The number of rotatable bonds is 6. The number of ether oxygens (including phenoxy) is 1. The second-order valence-electron chi connectivity index (χ2n) is 3.56. The quantitative estimate of drug-likeness (QED) is 0.610. The molecule has 0 saturated heterocycles. The Hall–Kier alpha value is -1.49. The summed E-state index contributed by atoms with van der Waals surface area (Å²) in [7, 11) is 1.33. The summed E-state index contributed by atoms with van der Waals surface area (Å²) < 4.78 is 30.3. The first-order valence-corrected chi connectivity index (χ1v) is 5.35. The van der Waals surface area contributed by atoms with Crippen molar-refractivity contribution in [3.8, 4) is 0 Å². The molecule has 5 heteroatoms. The van der Waals surface area contributed by atoms with Gasteiger partial charge in [-0.3, -0.25) is 4.79 Å². The molecule has 1 aromatic carbocycles. The number of hydrogen-bond acceptors (Lipinski definition) is 3. The predicted octanol–water partition coefficient (Wildman–Crippen LogP) is 1.66. The topological polar surface area (TPSA) is 38.3 Å². The molecule has 0 aromatic heterocycles. The first-order chi connectivity index (χ1) is 8.13. The number of hydrogen-bond donors (Lipinski definition) is 1. The molecule has 1 rings (SSSR count). The summed E-state index contributed by atoms with van der Waals surface area (Å²) in [5.41, 5.74) is 0.456. The van der Waals surface area contributed by atoms with E-state index < -0.39 is 11.6 Å². The average Bonchev–Trinajstić information content (AvgIpc) is 2.30. The molecule has 1 N–H and O–H groups in total. The Balaban J connectivity index is 2.24. The predicted molar refractivity (Wildman–Crippen MR) is 59.6 cm³/mol. The van der Waals surface area contributed by atoms with E-state index >= 15 is 0 Å². The molecular weight excluding hydrogens is 228 g/mol. The van der Waals surface area contributed by atoms with E-state index in [9.17, 15) is 13.6 Å². The Morgan fingerprint density at radius 2 is 2.12 bits per heavy atom. The Bertz CT molecular complexity index is 383. The highest BCUT2D eigenvalue weighted by molar-refractivity contribution is 5.69. The van der Waals surface area contributed by atoms with Crippen LogP contribution < -0.4 is 5.32 Å². The Kier molecular flexibility index (Phi) is 5.56. The van der Waals surface area contributed by atoms with Crippen molar-refractivity contribution in [3.63, 3.8) is 0 Å². The third kappa shape index (κ3) is 4.91. The Morgan fingerprint density at radius 3 is 2.76 bits per heavy atom. The summed E-state index contributed by atoms with van der Waals surface area (Å²) in [5, 5.41) is 2.98. The van der Waals surface area contributed by atoms with Gasteiger partial charge >= 0.3 is 5.97 Å². The highest BCUT2D eigenvalue weighted by Gasteiger charge is 2.03. The molecule has 0 fully saturated rings. The second-order valence-corrected chi connectivity index (χ2v) is 3.56. The lowest BCUT2D eigenvalue weighted by Gasteiger charge is -2.05. The molecule has 0 heterocycles. The number of benzene rings is 1. The highest BCUT2D eigenvalue weighted by Crippen LogP contribution is 2.09.